The van der Waals surface area contributed by atoms with Crippen LogP contribution >= 0.6 is 0 Å². The quantitative estimate of drug-likeness (QED) is 0.853. The fourth-order valence-corrected chi connectivity index (χ4v) is 2.17. The largest absolute Gasteiger partial charge is 0.507 e. The lowest BCUT2D eigenvalue weighted by molar-refractivity contribution is 0.468. The molecule has 0 heterocycles. The van der Waals surface area contributed by atoms with Gasteiger partial charge in [-0.25, -0.2) is 0 Å². The molecule has 2 aromatic rings. The van der Waals surface area contributed by atoms with E-state index in [-0.39, 0.29) is 11.5 Å². The van der Waals surface area contributed by atoms with E-state index < -0.39 is 0 Å². The molecular formula is C17H20O2. The summed E-state index contributed by atoms with van der Waals surface area (Å²) in [5.74, 6) is 1.01. The van der Waals surface area contributed by atoms with Gasteiger partial charge in [-0.3, -0.25) is 0 Å². The molecule has 0 bridgehead atoms. The molecule has 0 saturated heterocycles. The van der Waals surface area contributed by atoms with Gasteiger partial charge in [-0.1, -0.05) is 44.5 Å². The Hall–Kier alpha value is -1.96. The summed E-state index contributed by atoms with van der Waals surface area (Å²) in [4.78, 5) is 0. The minimum Gasteiger partial charge on any atom is -0.507 e. The number of phenols is 2. The number of benzene rings is 2. The smallest absolute Gasteiger partial charge is 0.123 e. The van der Waals surface area contributed by atoms with Gasteiger partial charge in [-0.2, -0.15) is 0 Å². The monoisotopic (exact) mass is 256 g/mol. The Morgan fingerprint density at radius 1 is 0.947 bits per heavy atom. The van der Waals surface area contributed by atoms with E-state index in [1.807, 2.05) is 24.3 Å². The maximum atomic E-state index is 9.99. The number of hydrogen-bond donors (Lipinski definition) is 2. The zero-order chi connectivity index (χ0) is 13.8. The molecule has 0 aliphatic heterocycles. The summed E-state index contributed by atoms with van der Waals surface area (Å²) >= 11 is 0. The van der Waals surface area contributed by atoms with Crippen LogP contribution in [-0.4, -0.2) is 10.2 Å². The van der Waals surface area contributed by atoms with Crippen molar-refractivity contribution in [3.05, 3.63) is 48.0 Å². The van der Waals surface area contributed by atoms with Crippen molar-refractivity contribution >= 4 is 0 Å². The molecule has 0 aromatic heterocycles. The van der Waals surface area contributed by atoms with Gasteiger partial charge < -0.3 is 10.2 Å². The fraction of sp³-hybridized carbons (Fsp3) is 0.294. The molecule has 2 heteroatoms. The predicted octanol–water partition coefficient (Wildman–Crippen LogP) is 4.35. The summed E-state index contributed by atoms with van der Waals surface area (Å²) in [6, 6.07) is 12.7. The summed E-state index contributed by atoms with van der Waals surface area (Å²) in [6.45, 7) is 4.39. The van der Waals surface area contributed by atoms with E-state index in [1.165, 1.54) is 5.56 Å². The molecule has 2 nitrogen and oxygen atoms in total. The summed E-state index contributed by atoms with van der Waals surface area (Å²) in [7, 11) is 0. The summed E-state index contributed by atoms with van der Waals surface area (Å²) in [5.41, 5.74) is 2.55. The normalized spacial score (nSPS) is 12.3. The van der Waals surface area contributed by atoms with Crippen LogP contribution in [0.15, 0.2) is 42.5 Å². The van der Waals surface area contributed by atoms with E-state index in [1.54, 1.807) is 18.2 Å². The van der Waals surface area contributed by atoms with Crippen LogP contribution < -0.4 is 0 Å². The van der Waals surface area contributed by atoms with E-state index in [9.17, 15) is 10.2 Å². The molecule has 2 rings (SSSR count). The Morgan fingerprint density at radius 2 is 1.63 bits per heavy atom. The molecule has 2 N–H and O–H groups in total. The lowest BCUT2D eigenvalue weighted by atomic mass is 9.95. The first kappa shape index (κ1) is 13.5. The van der Waals surface area contributed by atoms with Crippen LogP contribution in [0.3, 0.4) is 0 Å². The molecule has 0 spiro atoms. The summed E-state index contributed by atoms with van der Waals surface area (Å²) in [5, 5.41) is 19.9. The van der Waals surface area contributed by atoms with Crippen LogP contribution in [0.5, 0.6) is 11.5 Å². The SMILES string of the molecule is CCC(C)Cc1ccc(O)c(-c2ccccc2O)c1. The zero-order valence-electron chi connectivity index (χ0n) is 11.4. The number of hydrogen-bond acceptors (Lipinski definition) is 2. The van der Waals surface area contributed by atoms with E-state index in [2.05, 4.69) is 13.8 Å². The van der Waals surface area contributed by atoms with Crippen molar-refractivity contribution in [1.29, 1.82) is 0 Å². The molecule has 100 valence electrons. The summed E-state index contributed by atoms with van der Waals surface area (Å²) in [6.07, 6.45) is 2.12. The van der Waals surface area contributed by atoms with Gasteiger partial charge in [0.25, 0.3) is 0 Å². The zero-order valence-corrected chi connectivity index (χ0v) is 11.4. The van der Waals surface area contributed by atoms with E-state index in [4.69, 9.17) is 0 Å². The maximum Gasteiger partial charge on any atom is 0.123 e. The number of phenolic OH excluding ortho intramolecular Hbond substituents is 2. The van der Waals surface area contributed by atoms with Gasteiger partial charge in [0.2, 0.25) is 0 Å². The standard InChI is InChI=1S/C17H20O2/c1-3-12(2)10-13-8-9-17(19)15(11-13)14-6-4-5-7-16(14)18/h4-9,11-12,18-19H,3,10H2,1-2H3. The topological polar surface area (TPSA) is 40.5 Å². The Labute approximate surface area is 114 Å². The van der Waals surface area contributed by atoms with Gasteiger partial charge >= 0.3 is 0 Å². The number of para-hydroxylation sites is 1. The average Bonchev–Trinajstić information content (AvgIpc) is 2.41. The van der Waals surface area contributed by atoms with Crippen molar-refractivity contribution in [2.24, 2.45) is 5.92 Å². The van der Waals surface area contributed by atoms with E-state index >= 15 is 0 Å². The first-order valence-electron chi connectivity index (χ1n) is 6.72. The maximum absolute atomic E-state index is 9.99. The number of rotatable bonds is 4. The molecule has 2 aromatic carbocycles. The highest BCUT2D eigenvalue weighted by atomic mass is 16.3. The van der Waals surface area contributed by atoms with Crippen LogP contribution in [0.2, 0.25) is 0 Å². The van der Waals surface area contributed by atoms with Crippen molar-refractivity contribution in [1.82, 2.24) is 0 Å². The first-order valence-corrected chi connectivity index (χ1v) is 6.72. The third-order valence-electron chi connectivity index (χ3n) is 3.54. The Kier molecular flexibility index (Phi) is 4.10. The van der Waals surface area contributed by atoms with Gasteiger partial charge in [0.1, 0.15) is 11.5 Å². The van der Waals surface area contributed by atoms with Gasteiger partial charge in [0.15, 0.2) is 0 Å². The van der Waals surface area contributed by atoms with Crippen LogP contribution in [0, 0.1) is 5.92 Å². The van der Waals surface area contributed by atoms with Gasteiger partial charge in [0, 0.05) is 11.1 Å². The lowest BCUT2D eigenvalue weighted by Crippen LogP contribution is -1.97. The highest BCUT2D eigenvalue weighted by Crippen LogP contribution is 2.36. The minimum absolute atomic E-state index is 0.193. The highest BCUT2D eigenvalue weighted by molar-refractivity contribution is 5.75. The molecule has 19 heavy (non-hydrogen) atoms. The Bertz CT molecular complexity index is 561. The molecule has 1 atom stereocenters. The summed E-state index contributed by atoms with van der Waals surface area (Å²) < 4.78 is 0. The van der Waals surface area contributed by atoms with Gasteiger partial charge in [-0.05, 0) is 36.1 Å². The number of aromatic hydroxyl groups is 2. The van der Waals surface area contributed by atoms with Crippen molar-refractivity contribution in [2.45, 2.75) is 26.7 Å². The second-order valence-corrected chi connectivity index (χ2v) is 5.09. The third kappa shape index (κ3) is 3.08. The van der Waals surface area contributed by atoms with E-state index in [0.717, 1.165) is 12.8 Å². The second kappa shape index (κ2) is 5.79. The van der Waals surface area contributed by atoms with Gasteiger partial charge in [0.05, 0.1) is 0 Å². The van der Waals surface area contributed by atoms with Crippen molar-refractivity contribution < 1.29 is 10.2 Å². The van der Waals surface area contributed by atoms with Gasteiger partial charge in [-0.15, -0.1) is 0 Å². The third-order valence-corrected chi connectivity index (χ3v) is 3.54. The first-order chi connectivity index (χ1) is 9.11. The lowest BCUT2D eigenvalue weighted by Gasteiger charge is -2.12. The van der Waals surface area contributed by atoms with Crippen molar-refractivity contribution in [3.63, 3.8) is 0 Å². The van der Waals surface area contributed by atoms with E-state index in [0.29, 0.717) is 17.0 Å². The van der Waals surface area contributed by atoms with Crippen LogP contribution in [-0.2, 0) is 6.42 Å². The van der Waals surface area contributed by atoms with Crippen molar-refractivity contribution in [2.75, 3.05) is 0 Å². The molecule has 0 saturated carbocycles. The van der Waals surface area contributed by atoms with Crippen molar-refractivity contribution in [3.8, 4) is 22.6 Å². The highest BCUT2D eigenvalue weighted by Gasteiger charge is 2.10. The molecule has 0 radical (unpaired) electrons. The Balaban J connectivity index is 2.40. The molecular weight excluding hydrogens is 236 g/mol. The van der Waals surface area contributed by atoms with Crippen LogP contribution in [0.4, 0.5) is 0 Å². The molecule has 0 amide bonds. The van der Waals surface area contributed by atoms with Crippen LogP contribution in [0.1, 0.15) is 25.8 Å². The fourth-order valence-electron chi connectivity index (χ4n) is 2.17. The predicted molar refractivity (Wildman–Crippen MR) is 78.4 cm³/mol. The molecule has 0 fully saturated rings. The molecule has 0 aliphatic carbocycles. The van der Waals surface area contributed by atoms with Crippen LogP contribution in [0.25, 0.3) is 11.1 Å². The molecule has 1 unspecified atom stereocenters. The average molecular weight is 256 g/mol. The molecule has 0 aliphatic rings. The Morgan fingerprint density at radius 3 is 2.32 bits per heavy atom. The second-order valence-electron chi connectivity index (χ2n) is 5.09. The minimum atomic E-state index is 0.193.